The summed E-state index contributed by atoms with van der Waals surface area (Å²) in [6.07, 6.45) is 1.17. The van der Waals surface area contributed by atoms with Crippen molar-refractivity contribution in [2.24, 2.45) is 0 Å². The summed E-state index contributed by atoms with van der Waals surface area (Å²) in [6.45, 7) is 7.67. The van der Waals surface area contributed by atoms with Crippen LogP contribution < -0.4 is 10.2 Å². The summed E-state index contributed by atoms with van der Waals surface area (Å²) in [4.78, 5) is 33.2. The second-order valence-corrected chi connectivity index (χ2v) is 7.43. The highest BCUT2D eigenvalue weighted by Crippen LogP contribution is 2.20. The van der Waals surface area contributed by atoms with Gasteiger partial charge in [0.25, 0.3) is 0 Å². The van der Waals surface area contributed by atoms with Gasteiger partial charge in [-0.1, -0.05) is 17.8 Å². The molecule has 0 unspecified atom stereocenters. The number of rotatable bonds is 5. The van der Waals surface area contributed by atoms with Crippen LogP contribution in [0.3, 0.4) is 0 Å². The van der Waals surface area contributed by atoms with Gasteiger partial charge in [0.1, 0.15) is 12.0 Å². The van der Waals surface area contributed by atoms with Gasteiger partial charge in [-0.15, -0.1) is 0 Å². The monoisotopic (exact) mass is 396 g/mol. The number of hydrogen-bond donors (Lipinski definition) is 0. The quantitative estimate of drug-likeness (QED) is 0.363. The number of hydrogen-bond acceptors (Lipinski definition) is 7. The van der Waals surface area contributed by atoms with E-state index in [-0.39, 0.29) is 5.75 Å². The molecule has 0 saturated carbocycles. The van der Waals surface area contributed by atoms with E-state index >= 15 is 0 Å². The summed E-state index contributed by atoms with van der Waals surface area (Å²) in [6, 6.07) is 8.45. The van der Waals surface area contributed by atoms with Crippen LogP contribution in [0.4, 0.5) is 0 Å². The Labute approximate surface area is 167 Å². The number of benzene rings is 1. The molecule has 0 fully saturated rings. The summed E-state index contributed by atoms with van der Waals surface area (Å²) in [5.41, 5.74) is 3.78. The minimum Gasteiger partial charge on any atom is -0.464 e. The van der Waals surface area contributed by atoms with Crippen LogP contribution in [-0.2, 0) is 5.75 Å². The Balaban J connectivity index is 1.69. The molecule has 0 spiro atoms. The molecule has 0 amide bonds. The Morgan fingerprint density at radius 2 is 1.75 bits per heavy atom. The van der Waals surface area contributed by atoms with Gasteiger partial charge in [0.2, 0.25) is 11.2 Å². The van der Waals surface area contributed by atoms with Gasteiger partial charge in [-0.2, -0.15) is 0 Å². The van der Waals surface area contributed by atoms with Gasteiger partial charge in [-0.25, -0.2) is 14.8 Å². The molecule has 28 heavy (non-hydrogen) atoms. The van der Waals surface area contributed by atoms with Gasteiger partial charge < -0.3 is 9.15 Å². The summed E-state index contributed by atoms with van der Waals surface area (Å²) >= 11 is 1.37. The lowest BCUT2D eigenvalue weighted by atomic mass is 10.1. The van der Waals surface area contributed by atoms with Gasteiger partial charge in [0.15, 0.2) is 5.16 Å². The van der Waals surface area contributed by atoms with Crippen LogP contribution in [0.2, 0.25) is 0 Å². The predicted octanol–water partition coefficient (Wildman–Crippen LogP) is 4.17. The van der Waals surface area contributed by atoms with Crippen molar-refractivity contribution < 1.29 is 13.9 Å². The van der Waals surface area contributed by atoms with Crippen LogP contribution in [0.25, 0.3) is 0 Å². The number of ether oxygens (including phenoxy) is 1. The molecule has 1 aromatic carbocycles. The number of carbonyl (C=O) groups is 1. The topological polar surface area (TPSA) is 82.3 Å². The van der Waals surface area contributed by atoms with E-state index in [9.17, 15) is 9.59 Å². The summed E-state index contributed by atoms with van der Waals surface area (Å²) in [5.74, 6) is 0.105. The molecule has 0 N–H and O–H groups in total. The highest BCUT2D eigenvalue weighted by atomic mass is 32.2. The van der Waals surface area contributed by atoms with Crippen LogP contribution in [-0.4, -0.2) is 15.9 Å². The number of aromatic nitrogens is 2. The molecule has 0 aliphatic heterocycles. The Bertz CT molecular complexity index is 1070. The number of thioether (sulfide) groups is 1. The third kappa shape index (κ3) is 4.86. The zero-order valence-corrected chi connectivity index (χ0v) is 16.9. The summed E-state index contributed by atoms with van der Waals surface area (Å²) in [5, 5.41) is 0.616. The molecular formula is C21H20N2O4S. The second-order valence-electron chi connectivity index (χ2n) is 6.49. The van der Waals surface area contributed by atoms with Crippen molar-refractivity contribution in [3.8, 4) is 5.75 Å². The summed E-state index contributed by atoms with van der Waals surface area (Å²) < 4.78 is 10.6. The van der Waals surface area contributed by atoms with E-state index in [2.05, 4.69) is 9.97 Å². The van der Waals surface area contributed by atoms with Crippen LogP contribution in [0, 0.1) is 27.7 Å². The standard InChI is InChI=1S/C21H20N2O4S/c1-12-5-6-16(7-13(12)2)20(25)27-19-10-26-17(9-18(19)24)11-28-21-22-14(3)8-15(4)23-21/h5-10H,11H2,1-4H3. The van der Waals surface area contributed by atoms with Gasteiger partial charge in [0, 0.05) is 17.5 Å². The third-order valence-corrected chi connectivity index (χ3v) is 4.97. The zero-order valence-electron chi connectivity index (χ0n) is 16.1. The minimum atomic E-state index is -0.596. The van der Waals surface area contributed by atoms with Gasteiger partial charge in [-0.3, -0.25) is 4.79 Å². The van der Waals surface area contributed by atoms with E-state index in [4.69, 9.17) is 9.15 Å². The molecule has 0 atom stereocenters. The largest absolute Gasteiger partial charge is 0.464 e. The fourth-order valence-electron chi connectivity index (χ4n) is 2.51. The molecule has 3 rings (SSSR count). The van der Waals surface area contributed by atoms with Gasteiger partial charge in [0.05, 0.1) is 11.3 Å². The van der Waals surface area contributed by atoms with Crippen molar-refractivity contribution in [2.45, 2.75) is 38.6 Å². The van der Waals surface area contributed by atoms with Crippen molar-refractivity contribution in [1.29, 1.82) is 0 Å². The number of aryl methyl sites for hydroxylation is 4. The number of esters is 1. The Hall–Kier alpha value is -2.93. The van der Waals surface area contributed by atoms with Crippen LogP contribution in [0.1, 0.15) is 38.6 Å². The van der Waals surface area contributed by atoms with Crippen LogP contribution in [0.5, 0.6) is 5.75 Å². The highest BCUT2D eigenvalue weighted by molar-refractivity contribution is 7.98. The van der Waals surface area contributed by atoms with Crippen LogP contribution >= 0.6 is 11.8 Å². The first-order chi connectivity index (χ1) is 13.3. The molecule has 0 saturated heterocycles. The average Bonchev–Trinajstić information content (AvgIpc) is 2.63. The lowest BCUT2D eigenvalue weighted by Crippen LogP contribution is -2.15. The van der Waals surface area contributed by atoms with E-state index in [1.165, 1.54) is 24.1 Å². The molecule has 144 valence electrons. The first-order valence-corrected chi connectivity index (χ1v) is 9.66. The molecule has 3 aromatic rings. The smallest absolute Gasteiger partial charge is 0.343 e. The maximum Gasteiger partial charge on any atom is 0.343 e. The van der Waals surface area contributed by atoms with E-state index in [0.29, 0.717) is 22.2 Å². The highest BCUT2D eigenvalue weighted by Gasteiger charge is 2.13. The molecule has 2 heterocycles. The Morgan fingerprint density at radius 3 is 2.39 bits per heavy atom. The van der Waals surface area contributed by atoms with E-state index in [1.807, 2.05) is 39.8 Å². The predicted molar refractivity (Wildman–Crippen MR) is 107 cm³/mol. The van der Waals surface area contributed by atoms with E-state index in [0.717, 1.165) is 22.5 Å². The molecule has 0 aliphatic carbocycles. The average molecular weight is 396 g/mol. The molecule has 7 heteroatoms. The number of carbonyl (C=O) groups excluding carboxylic acids is 1. The van der Waals surface area contributed by atoms with Crippen molar-refractivity contribution in [2.75, 3.05) is 0 Å². The first-order valence-electron chi connectivity index (χ1n) is 8.68. The Kier molecular flexibility index (Phi) is 5.94. The van der Waals surface area contributed by atoms with Crippen molar-refractivity contribution in [3.63, 3.8) is 0 Å². The van der Waals surface area contributed by atoms with Crippen LogP contribution in [0.15, 0.2) is 51.0 Å². The molecular weight excluding hydrogens is 376 g/mol. The van der Waals surface area contributed by atoms with E-state index < -0.39 is 11.4 Å². The van der Waals surface area contributed by atoms with Crippen molar-refractivity contribution in [1.82, 2.24) is 9.97 Å². The maximum atomic E-state index is 12.3. The molecule has 2 aromatic heterocycles. The zero-order chi connectivity index (χ0) is 20.3. The Morgan fingerprint density at radius 1 is 1.04 bits per heavy atom. The van der Waals surface area contributed by atoms with E-state index in [1.54, 1.807) is 12.1 Å². The minimum absolute atomic E-state index is 0.139. The lowest BCUT2D eigenvalue weighted by Gasteiger charge is -2.06. The fourth-order valence-corrected chi connectivity index (χ4v) is 3.35. The number of nitrogens with zero attached hydrogens (tertiary/aromatic N) is 2. The fraction of sp³-hybridized carbons (Fsp3) is 0.238. The van der Waals surface area contributed by atoms with Crippen molar-refractivity contribution in [3.05, 3.63) is 80.7 Å². The van der Waals surface area contributed by atoms with Gasteiger partial charge >= 0.3 is 5.97 Å². The third-order valence-electron chi connectivity index (χ3n) is 4.10. The maximum absolute atomic E-state index is 12.3. The van der Waals surface area contributed by atoms with Crippen molar-refractivity contribution >= 4 is 17.7 Å². The molecule has 0 bridgehead atoms. The normalized spacial score (nSPS) is 10.7. The van der Waals surface area contributed by atoms with Gasteiger partial charge in [-0.05, 0) is 57.0 Å². The molecule has 0 aliphatic rings. The molecule has 0 radical (unpaired) electrons. The lowest BCUT2D eigenvalue weighted by molar-refractivity contribution is 0.0728. The summed E-state index contributed by atoms with van der Waals surface area (Å²) in [7, 11) is 0. The first kappa shape index (κ1) is 19.8. The second kappa shape index (κ2) is 8.39. The SMILES string of the molecule is Cc1cc(C)nc(SCc2cc(=O)c(OC(=O)c3ccc(C)c(C)c3)co2)n1. The molecule has 6 nitrogen and oxygen atoms in total.